The molecule has 1 fully saturated rings. The molecule has 0 bridgehead atoms. The van der Waals surface area contributed by atoms with Gasteiger partial charge >= 0.3 is 0 Å². The Kier molecular flexibility index (Phi) is 7.44. The van der Waals surface area contributed by atoms with Crippen molar-refractivity contribution < 1.29 is 13.2 Å². The van der Waals surface area contributed by atoms with Crippen molar-refractivity contribution in [3.63, 3.8) is 0 Å². The monoisotopic (exact) mass is 528 g/mol. The number of para-hydroxylation sites is 1. The summed E-state index contributed by atoms with van der Waals surface area (Å²) in [5.74, 6) is 0.435. The first-order valence-electron chi connectivity index (χ1n) is 12.9. The number of nitrogens with one attached hydrogen (secondary N) is 1. The number of nitrogens with zero attached hydrogens (tertiary/aromatic N) is 3. The third kappa shape index (κ3) is 5.56. The predicted molar refractivity (Wildman–Crippen MR) is 151 cm³/mol. The van der Waals surface area contributed by atoms with Crippen LogP contribution in [0.2, 0.25) is 0 Å². The zero-order chi connectivity index (χ0) is 26.7. The lowest BCUT2D eigenvalue weighted by Gasteiger charge is -2.35. The molecule has 196 valence electrons. The number of benzene rings is 3. The van der Waals surface area contributed by atoms with Crippen molar-refractivity contribution in [2.75, 3.05) is 30.9 Å². The SMILES string of the molecule is CC(C)c1ccccc1CN1CCN(C(=O)c2ccc(NS(=O)(=O)c3cccc4cccnc34)cc2)CC1. The Morgan fingerprint density at radius 2 is 1.61 bits per heavy atom. The zero-order valence-corrected chi connectivity index (χ0v) is 22.5. The molecule has 8 heteroatoms. The maximum atomic E-state index is 13.1. The fourth-order valence-electron chi connectivity index (χ4n) is 4.96. The van der Waals surface area contributed by atoms with E-state index in [4.69, 9.17) is 0 Å². The van der Waals surface area contributed by atoms with E-state index in [2.05, 4.69) is 52.7 Å². The molecule has 7 nitrogen and oxygen atoms in total. The average molecular weight is 529 g/mol. The second-order valence-electron chi connectivity index (χ2n) is 9.94. The van der Waals surface area contributed by atoms with E-state index in [0.717, 1.165) is 25.0 Å². The number of pyridine rings is 1. The summed E-state index contributed by atoms with van der Waals surface area (Å²) in [5.41, 5.74) is 4.07. The summed E-state index contributed by atoms with van der Waals surface area (Å²) in [6.45, 7) is 8.26. The molecule has 38 heavy (non-hydrogen) atoms. The lowest BCUT2D eigenvalue weighted by molar-refractivity contribution is 0.0628. The van der Waals surface area contributed by atoms with Gasteiger partial charge in [0.25, 0.3) is 15.9 Å². The maximum absolute atomic E-state index is 13.1. The van der Waals surface area contributed by atoms with Crippen LogP contribution in [0, 0.1) is 0 Å². The van der Waals surface area contributed by atoms with Crippen LogP contribution in [0.5, 0.6) is 0 Å². The van der Waals surface area contributed by atoms with Gasteiger partial charge in [0.15, 0.2) is 0 Å². The van der Waals surface area contributed by atoms with Gasteiger partial charge in [0.05, 0.1) is 5.52 Å². The van der Waals surface area contributed by atoms with E-state index in [1.165, 1.54) is 17.2 Å². The van der Waals surface area contributed by atoms with Crippen LogP contribution in [-0.4, -0.2) is 55.3 Å². The van der Waals surface area contributed by atoms with E-state index in [-0.39, 0.29) is 10.8 Å². The Bertz CT molecular complexity index is 1540. The molecule has 4 aromatic rings. The summed E-state index contributed by atoms with van der Waals surface area (Å²) >= 11 is 0. The molecule has 1 amide bonds. The van der Waals surface area contributed by atoms with Crippen LogP contribution in [0.25, 0.3) is 10.9 Å². The number of hydrogen-bond acceptors (Lipinski definition) is 5. The number of sulfonamides is 1. The number of carbonyl (C=O) groups excluding carboxylic acids is 1. The standard InChI is InChI=1S/C30H32N4O3S/c1-22(2)27-10-4-3-7-25(27)21-33-17-19-34(20-18-33)30(35)24-12-14-26(15-13-24)32-38(36,37)28-11-5-8-23-9-6-16-31-29(23)28/h3-16,22,32H,17-21H2,1-2H3. The summed E-state index contributed by atoms with van der Waals surface area (Å²) in [6.07, 6.45) is 1.58. The minimum Gasteiger partial charge on any atom is -0.336 e. The van der Waals surface area contributed by atoms with E-state index < -0.39 is 10.0 Å². The van der Waals surface area contributed by atoms with E-state index in [9.17, 15) is 13.2 Å². The first-order chi connectivity index (χ1) is 18.3. The Morgan fingerprint density at radius 3 is 2.34 bits per heavy atom. The number of piperazine rings is 1. The molecule has 1 saturated heterocycles. The van der Waals surface area contributed by atoms with Crippen LogP contribution < -0.4 is 4.72 Å². The van der Waals surface area contributed by atoms with Crippen LogP contribution in [-0.2, 0) is 16.6 Å². The lowest BCUT2D eigenvalue weighted by Crippen LogP contribution is -2.48. The number of anilines is 1. The molecule has 1 N–H and O–H groups in total. The van der Waals surface area contributed by atoms with Gasteiger partial charge in [-0.3, -0.25) is 19.4 Å². The predicted octanol–water partition coefficient (Wildman–Crippen LogP) is 5.12. The molecule has 1 aliphatic heterocycles. The molecule has 0 saturated carbocycles. The molecule has 0 radical (unpaired) electrons. The minimum atomic E-state index is -3.85. The van der Waals surface area contributed by atoms with Crippen molar-refractivity contribution >= 4 is 32.5 Å². The van der Waals surface area contributed by atoms with Crippen molar-refractivity contribution in [2.24, 2.45) is 0 Å². The topological polar surface area (TPSA) is 82.6 Å². The average Bonchev–Trinajstić information content (AvgIpc) is 2.93. The van der Waals surface area contributed by atoms with Crippen molar-refractivity contribution in [3.8, 4) is 0 Å². The van der Waals surface area contributed by atoms with E-state index in [1.54, 1.807) is 42.6 Å². The summed E-state index contributed by atoms with van der Waals surface area (Å²) in [4.78, 5) is 21.8. The van der Waals surface area contributed by atoms with Gasteiger partial charge in [-0.15, -0.1) is 0 Å². The molecular formula is C30H32N4O3S. The number of carbonyl (C=O) groups is 1. The molecule has 2 heterocycles. The molecule has 3 aromatic carbocycles. The highest BCUT2D eigenvalue weighted by molar-refractivity contribution is 7.93. The Morgan fingerprint density at radius 1 is 0.895 bits per heavy atom. The van der Waals surface area contributed by atoms with Crippen LogP contribution >= 0.6 is 0 Å². The second-order valence-corrected chi connectivity index (χ2v) is 11.6. The van der Waals surface area contributed by atoms with E-state index in [1.807, 2.05) is 17.0 Å². The van der Waals surface area contributed by atoms with Gasteiger partial charge in [-0.05, 0) is 53.4 Å². The largest absolute Gasteiger partial charge is 0.336 e. The minimum absolute atomic E-state index is 0.0418. The third-order valence-corrected chi connectivity index (χ3v) is 8.41. The van der Waals surface area contributed by atoms with Crippen molar-refractivity contribution in [1.29, 1.82) is 0 Å². The highest BCUT2D eigenvalue weighted by Crippen LogP contribution is 2.24. The fourth-order valence-corrected chi connectivity index (χ4v) is 6.20. The molecular weight excluding hydrogens is 496 g/mol. The summed E-state index contributed by atoms with van der Waals surface area (Å²) < 4.78 is 28.8. The number of rotatable bonds is 7. The molecule has 5 rings (SSSR count). The summed E-state index contributed by atoms with van der Waals surface area (Å²) in [7, 11) is -3.85. The highest BCUT2D eigenvalue weighted by atomic mass is 32.2. The summed E-state index contributed by atoms with van der Waals surface area (Å²) in [5, 5.41) is 0.751. The van der Waals surface area contributed by atoms with E-state index in [0.29, 0.717) is 35.8 Å². The van der Waals surface area contributed by atoms with Crippen LogP contribution in [0.15, 0.2) is 90.0 Å². The quantitative estimate of drug-likeness (QED) is 0.360. The van der Waals surface area contributed by atoms with Crippen LogP contribution in [0.1, 0.15) is 41.3 Å². The lowest BCUT2D eigenvalue weighted by atomic mass is 9.97. The van der Waals surface area contributed by atoms with Crippen molar-refractivity contribution in [1.82, 2.24) is 14.8 Å². The summed E-state index contributed by atoms with van der Waals surface area (Å²) in [6, 6.07) is 23.8. The molecule has 0 aliphatic carbocycles. The van der Waals surface area contributed by atoms with Gasteiger partial charge in [0, 0.05) is 55.6 Å². The molecule has 1 aliphatic rings. The van der Waals surface area contributed by atoms with Crippen molar-refractivity contribution in [2.45, 2.75) is 31.2 Å². The van der Waals surface area contributed by atoms with Gasteiger partial charge in [0.1, 0.15) is 4.90 Å². The smallest absolute Gasteiger partial charge is 0.264 e. The molecule has 1 aromatic heterocycles. The first kappa shape index (κ1) is 25.9. The Balaban J connectivity index is 1.21. The maximum Gasteiger partial charge on any atom is 0.264 e. The number of fused-ring (bicyclic) bond motifs is 1. The number of amides is 1. The number of hydrogen-bond donors (Lipinski definition) is 1. The van der Waals surface area contributed by atoms with Crippen molar-refractivity contribution in [3.05, 3.63) is 102 Å². The Labute approximate surface area is 224 Å². The van der Waals surface area contributed by atoms with E-state index >= 15 is 0 Å². The Hall–Kier alpha value is -3.75. The third-order valence-electron chi connectivity index (χ3n) is 7.00. The van der Waals surface area contributed by atoms with Gasteiger partial charge in [-0.2, -0.15) is 0 Å². The normalized spacial score (nSPS) is 14.7. The molecule has 0 spiro atoms. The van der Waals surface area contributed by atoms with Gasteiger partial charge in [-0.1, -0.05) is 56.3 Å². The zero-order valence-electron chi connectivity index (χ0n) is 21.7. The number of aromatic nitrogens is 1. The van der Waals surface area contributed by atoms with Gasteiger partial charge in [0.2, 0.25) is 0 Å². The second kappa shape index (κ2) is 10.9. The molecule has 0 unspecified atom stereocenters. The first-order valence-corrected chi connectivity index (χ1v) is 14.4. The van der Waals surface area contributed by atoms with Gasteiger partial charge < -0.3 is 4.90 Å². The van der Waals surface area contributed by atoms with Crippen LogP contribution in [0.4, 0.5) is 5.69 Å². The molecule has 0 atom stereocenters. The van der Waals surface area contributed by atoms with Gasteiger partial charge in [-0.25, -0.2) is 8.42 Å². The van der Waals surface area contributed by atoms with Crippen LogP contribution in [0.3, 0.4) is 0 Å². The highest BCUT2D eigenvalue weighted by Gasteiger charge is 2.23. The fraction of sp³-hybridized carbons (Fsp3) is 0.267.